The number of carbonyl (C=O) groups excluding carboxylic acids is 1. The van der Waals surface area contributed by atoms with Gasteiger partial charge in [0.05, 0.1) is 13.2 Å². The Labute approximate surface area is 159 Å². The van der Waals surface area contributed by atoms with Crippen molar-refractivity contribution in [2.75, 3.05) is 13.7 Å². The van der Waals surface area contributed by atoms with E-state index in [9.17, 15) is 4.79 Å². The van der Waals surface area contributed by atoms with Crippen LogP contribution >= 0.6 is 11.6 Å². The van der Waals surface area contributed by atoms with Crippen LogP contribution in [0.5, 0.6) is 17.2 Å². The fourth-order valence-electron chi connectivity index (χ4n) is 2.28. The van der Waals surface area contributed by atoms with Crippen LogP contribution in [0.1, 0.15) is 25.0 Å². The smallest absolute Gasteiger partial charge is 0.258 e. The van der Waals surface area contributed by atoms with E-state index in [1.165, 1.54) is 0 Å². The molecule has 2 aromatic carbocycles. The number of benzene rings is 2. The van der Waals surface area contributed by atoms with Gasteiger partial charge in [0.25, 0.3) is 5.91 Å². The summed E-state index contributed by atoms with van der Waals surface area (Å²) in [7, 11) is 1.59. The number of methoxy groups -OCH3 is 1. The van der Waals surface area contributed by atoms with E-state index in [1.54, 1.807) is 25.3 Å². The molecule has 0 aliphatic rings. The van der Waals surface area contributed by atoms with Crippen molar-refractivity contribution in [3.8, 4) is 17.2 Å². The fraction of sp³-hybridized carbons (Fsp3) is 0.350. The van der Waals surface area contributed by atoms with Crippen molar-refractivity contribution in [2.45, 2.75) is 33.4 Å². The molecule has 0 aliphatic heterocycles. The molecule has 0 unspecified atom stereocenters. The molecule has 1 amide bonds. The molecule has 5 nitrogen and oxygen atoms in total. The average molecular weight is 378 g/mol. The summed E-state index contributed by atoms with van der Waals surface area (Å²) in [6.45, 7) is 6.10. The molecule has 140 valence electrons. The van der Waals surface area contributed by atoms with Crippen molar-refractivity contribution in [1.82, 2.24) is 5.32 Å². The topological polar surface area (TPSA) is 56.8 Å². The first-order valence-corrected chi connectivity index (χ1v) is 8.76. The molecule has 0 aliphatic carbocycles. The summed E-state index contributed by atoms with van der Waals surface area (Å²) in [5, 5.41) is 3.49. The van der Waals surface area contributed by atoms with Gasteiger partial charge in [-0.15, -0.1) is 0 Å². The maximum absolute atomic E-state index is 12.0. The van der Waals surface area contributed by atoms with Crippen molar-refractivity contribution < 1.29 is 19.0 Å². The lowest BCUT2D eigenvalue weighted by Crippen LogP contribution is -2.28. The molecule has 0 fully saturated rings. The van der Waals surface area contributed by atoms with Crippen LogP contribution in [0, 0.1) is 6.92 Å². The Morgan fingerprint density at radius 2 is 1.92 bits per heavy atom. The maximum atomic E-state index is 12.0. The number of rotatable bonds is 8. The third kappa shape index (κ3) is 5.85. The van der Waals surface area contributed by atoms with E-state index in [0.717, 1.165) is 11.1 Å². The average Bonchev–Trinajstić information content (AvgIpc) is 2.61. The normalized spacial score (nSPS) is 10.5. The van der Waals surface area contributed by atoms with Gasteiger partial charge in [-0.05, 0) is 62.2 Å². The zero-order valence-electron chi connectivity index (χ0n) is 15.5. The molecule has 0 spiro atoms. The Balaban J connectivity index is 1.87. The number of amides is 1. The number of hydrogen-bond acceptors (Lipinski definition) is 4. The molecule has 0 bridgehead atoms. The van der Waals surface area contributed by atoms with Crippen LogP contribution in [0.25, 0.3) is 0 Å². The van der Waals surface area contributed by atoms with E-state index in [2.05, 4.69) is 5.32 Å². The first-order chi connectivity index (χ1) is 12.4. The van der Waals surface area contributed by atoms with Crippen LogP contribution in [-0.2, 0) is 11.3 Å². The molecule has 2 rings (SSSR count). The number of ether oxygens (including phenoxy) is 3. The molecular weight excluding hydrogens is 354 g/mol. The monoisotopic (exact) mass is 377 g/mol. The Morgan fingerprint density at radius 3 is 2.58 bits per heavy atom. The second kappa shape index (κ2) is 9.34. The highest BCUT2D eigenvalue weighted by atomic mass is 35.5. The summed E-state index contributed by atoms with van der Waals surface area (Å²) in [6, 6.07) is 10.9. The van der Waals surface area contributed by atoms with Gasteiger partial charge < -0.3 is 19.5 Å². The van der Waals surface area contributed by atoms with Gasteiger partial charge in [-0.2, -0.15) is 0 Å². The maximum Gasteiger partial charge on any atom is 0.258 e. The van der Waals surface area contributed by atoms with Crippen molar-refractivity contribution in [3.63, 3.8) is 0 Å². The minimum absolute atomic E-state index is 0.0584. The largest absolute Gasteiger partial charge is 0.493 e. The Hall–Kier alpha value is -2.40. The van der Waals surface area contributed by atoms with E-state index >= 15 is 0 Å². The summed E-state index contributed by atoms with van der Waals surface area (Å²) in [4.78, 5) is 12.0. The molecule has 6 heteroatoms. The Kier molecular flexibility index (Phi) is 7.16. The zero-order valence-corrected chi connectivity index (χ0v) is 16.2. The molecule has 0 aromatic heterocycles. The number of hydrogen-bond donors (Lipinski definition) is 1. The lowest BCUT2D eigenvalue weighted by atomic mass is 10.2. The zero-order chi connectivity index (χ0) is 19.1. The minimum Gasteiger partial charge on any atom is -0.493 e. The Morgan fingerprint density at radius 1 is 1.15 bits per heavy atom. The quantitative estimate of drug-likeness (QED) is 0.751. The van der Waals surface area contributed by atoms with E-state index < -0.39 is 0 Å². The highest BCUT2D eigenvalue weighted by molar-refractivity contribution is 6.31. The van der Waals surface area contributed by atoms with Crippen LogP contribution in [0.3, 0.4) is 0 Å². The van der Waals surface area contributed by atoms with Gasteiger partial charge in [-0.1, -0.05) is 17.7 Å². The summed E-state index contributed by atoms with van der Waals surface area (Å²) in [5.41, 5.74) is 1.81. The standard InChI is InChI=1S/C20H24ClNO4/c1-13(2)26-18-8-5-15(10-19(18)24-4)11-22-20(23)12-25-16-6-7-17(21)14(3)9-16/h5-10,13H,11-12H2,1-4H3,(H,22,23). The fourth-order valence-corrected chi connectivity index (χ4v) is 2.40. The second-order valence-electron chi connectivity index (χ2n) is 6.13. The van der Waals surface area contributed by atoms with Crippen molar-refractivity contribution in [1.29, 1.82) is 0 Å². The number of nitrogens with one attached hydrogen (secondary N) is 1. The summed E-state index contributed by atoms with van der Waals surface area (Å²) >= 11 is 5.97. The van der Waals surface area contributed by atoms with Crippen molar-refractivity contribution in [3.05, 3.63) is 52.5 Å². The first-order valence-electron chi connectivity index (χ1n) is 8.38. The lowest BCUT2D eigenvalue weighted by molar-refractivity contribution is -0.123. The SMILES string of the molecule is COc1cc(CNC(=O)COc2ccc(Cl)c(C)c2)ccc1OC(C)C. The molecule has 0 heterocycles. The van der Waals surface area contributed by atoms with Gasteiger partial charge in [0.2, 0.25) is 0 Å². The van der Waals surface area contributed by atoms with Gasteiger partial charge >= 0.3 is 0 Å². The number of aryl methyl sites for hydroxylation is 1. The molecule has 0 saturated heterocycles. The summed E-state index contributed by atoms with van der Waals surface area (Å²) in [5.74, 6) is 1.72. The van der Waals surface area contributed by atoms with E-state index in [1.807, 2.05) is 39.0 Å². The third-order valence-electron chi connectivity index (χ3n) is 3.58. The molecule has 1 N–H and O–H groups in total. The van der Waals surface area contributed by atoms with Gasteiger partial charge in [0.1, 0.15) is 5.75 Å². The molecule has 26 heavy (non-hydrogen) atoms. The summed E-state index contributed by atoms with van der Waals surface area (Å²) in [6.07, 6.45) is 0.0584. The van der Waals surface area contributed by atoms with Crippen LogP contribution in [0.2, 0.25) is 5.02 Å². The molecule has 0 radical (unpaired) electrons. The minimum atomic E-state index is -0.209. The predicted octanol–water partition coefficient (Wildman–Crippen LogP) is 4.14. The summed E-state index contributed by atoms with van der Waals surface area (Å²) < 4.78 is 16.5. The molecule has 0 atom stereocenters. The molecule has 0 saturated carbocycles. The van der Waals surface area contributed by atoms with E-state index in [4.69, 9.17) is 25.8 Å². The van der Waals surface area contributed by atoms with Crippen LogP contribution in [0.4, 0.5) is 0 Å². The van der Waals surface area contributed by atoms with Gasteiger partial charge in [-0.25, -0.2) is 0 Å². The molecular formula is C20H24ClNO4. The number of carbonyl (C=O) groups is 1. The van der Waals surface area contributed by atoms with Gasteiger partial charge in [-0.3, -0.25) is 4.79 Å². The highest BCUT2D eigenvalue weighted by Crippen LogP contribution is 2.29. The van der Waals surface area contributed by atoms with Crippen LogP contribution in [0.15, 0.2) is 36.4 Å². The van der Waals surface area contributed by atoms with Crippen LogP contribution in [-0.4, -0.2) is 25.7 Å². The predicted molar refractivity (Wildman–Crippen MR) is 102 cm³/mol. The second-order valence-corrected chi connectivity index (χ2v) is 6.54. The first kappa shape index (κ1) is 19.9. The van der Waals surface area contributed by atoms with Crippen molar-refractivity contribution in [2.24, 2.45) is 0 Å². The highest BCUT2D eigenvalue weighted by Gasteiger charge is 2.09. The molecule has 2 aromatic rings. The lowest BCUT2D eigenvalue weighted by Gasteiger charge is -2.15. The number of halogens is 1. The van der Waals surface area contributed by atoms with Crippen LogP contribution < -0.4 is 19.5 Å². The van der Waals surface area contributed by atoms with E-state index in [-0.39, 0.29) is 18.6 Å². The van der Waals surface area contributed by atoms with Crippen molar-refractivity contribution >= 4 is 17.5 Å². The Bertz CT molecular complexity index is 761. The van der Waals surface area contributed by atoms with Gasteiger partial charge in [0.15, 0.2) is 18.1 Å². The van der Waals surface area contributed by atoms with Gasteiger partial charge in [0, 0.05) is 11.6 Å². The van der Waals surface area contributed by atoms with E-state index in [0.29, 0.717) is 28.8 Å². The third-order valence-corrected chi connectivity index (χ3v) is 4.00.